The zero-order valence-corrected chi connectivity index (χ0v) is 13.4. The number of hydrogen-bond acceptors (Lipinski definition) is 2. The molecular weight excluding hydrogens is 270 g/mol. The summed E-state index contributed by atoms with van der Waals surface area (Å²) in [6.45, 7) is 4.75. The molecule has 2 aromatic carbocycles. The Bertz CT molecular complexity index is 673. The standard InChI is InChI=1S/C20H23NO/c1-14-6-8-16(9-7-14)13-21-15(2)20(22)19-11-10-17-4-3-5-18(17)12-19/h6-12,15,21H,3-5,13H2,1-2H3. The molecule has 2 nitrogen and oxygen atoms in total. The van der Waals surface area contributed by atoms with E-state index in [0.717, 1.165) is 24.9 Å². The van der Waals surface area contributed by atoms with Gasteiger partial charge in [-0.1, -0.05) is 42.0 Å². The summed E-state index contributed by atoms with van der Waals surface area (Å²) >= 11 is 0. The average molecular weight is 293 g/mol. The third-order valence-corrected chi connectivity index (χ3v) is 4.51. The number of benzene rings is 2. The fourth-order valence-corrected chi connectivity index (χ4v) is 3.04. The second kappa shape index (κ2) is 6.45. The van der Waals surface area contributed by atoms with E-state index in [-0.39, 0.29) is 11.8 Å². The zero-order valence-electron chi connectivity index (χ0n) is 13.4. The lowest BCUT2D eigenvalue weighted by molar-refractivity contribution is 0.0950. The number of rotatable bonds is 5. The normalized spacial score (nSPS) is 14.6. The second-order valence-corrected chi connectivity index (χ2v) is 6.29. The van der Waals surface area contributed by atoms with Gasteiger partial charge in [0, 0.05) is 12.1 Å². The number of hydrogen-bond donors (Lipinski definition) is 1. The Hall–Kier alpha value is -1.93. The molecule has 2 heteroatoms. The van der Waals surface area contributed by atoms with E-state index in [9.17, 15) is 4.79 Å². The summed E-state index contributed by atoms with van der Waals surface area (Å²) in [5.41, 5.74) is 6.07. The quantitative estimate of drug-likeness (QED) is 0.849. The monoisotopic (exact) mass is 293 g/mol. The minimum atomic E-state index is -0.166. The lowest BCUT2D eigenvalue weighted by Gasteiger charge is -2.14. The SMILES string of the molecule is Cc1ccc(CNC(C)C(=O)c2ccc3c(c2)CCC3)cc1. The van der Waals surface area contributed by atoms with Gasteiger partial charge < -0.3 is 5.32 Å². The lowest BCUT2D eigenvalue weighted by atomic mass is 10.00. The van der Waals surface area contributed by atoms with Gasteiger partial charge in [-0.05, 0) is 55.9 Å². The van der Waals surface area contributed by atoms with Crippen molar-refractivity contribution in [3.05, 3.63) is 70.3 Å². The van der Waals surface area contributed by atoms with Crippen molar-refractivity contribution in [2.75, 3.05) is 0 Å². The van der Waals surface area contributed by atoms with Gasteiger partial charge in [0.1, 0.15) is 0 Å². The second-order valence-electron chi connectivity index (χ2n) is 6.29. The van der Waals surface area contributed by atoms with Gasteiger partial charge in [-0.3, -0.25) is 4.79 Å². The van der Waals surface area contributed by atoms with Crippen molar-refractivity contribution in [2.45, 2.75) is 45.7 Å². The molecule has 2 aromatic rings. The van der Waals surface area contributed by atoms with Gasteiger partial charge in [-0.15, -0.1) is 0 Å². The number of fused-ring (bicyclic) bond motifs is 1. The molecule has 0 saturated carbocycles. The van der Waals surface area contributed by atoms with Gasteiger partial charge in [0.25, 0.3) is 0 Å². The molecule has 3 rings (SSSR count). The van der Waals surface area contributed by atoms with Crippen LogP contribution in [0.4, 0.5) is 0 Å². The van der Waals surface area contributed by atoms with Gasteiger partial charge in [0.15, 0.2) is 5.78 Å². The first kappa shape index (κ1) is 15.0. The molecule has 1 aliphatic carbocycles. The first-order chi connectivity index (χ1) is 10.6. The smallest absolute Gasteiger partial charge is 0.179 e. The Morgan fingerprint density at radius 1 is 1.09 bits per heavy atom. The zero-order chi connectivity index (χ0) is 15.5. The molecule has 0 heterocycles. The van der Waals surface area contributed by atoms with Gasteiger partial charge in [-0.2, -0.15) is 0 Å². The molecule has 0 radical (unpaired) electrons. The summed E-state index contributed by atoms with van der Waals surface area (Å²) in [6, 6.07) is 14.5. The van der Waals surface area contributed by atoms with E-state index in [2.05, 4.69) is 48.6 Å². The third kappa shape index (κ3) is 3.28. The van der Waals surface area contributed by atoms with E-state index in [1.54, 1.807) is 0 Å². The summed E-state index contributed by atoms with van der Waals surface area (Å²) in [5, 5.41) is 3.33. The van der Waals surface area contributed by atoms with Gasteiger partial charge in [-0.25, -0.2) is 0 Å². The highest BCUT2D eigenvalue weighted by molar-refractivity contribution is 6.00. The minimum absolute atomic E-state index is 0.166. The summed E-state index contributed by atoms with van der Waals surface area (Å²) < 4.78 is 0. The van der Waals surface area contributed by atoms with E-state index in [0.29, 0.717) is 0 Å². The first-order valence-electron chi connectivity index (χ1n) is 8.08. The van der Waals surface area contributed by atoms with Crippen molar-refractivity contribution in [3.8, 4) is 0 Å². The molecule has 0 amide bonds. The Balaban J connectivity index is 1.63. The molecule has 0 bridgehead atoms. The average Bonchev–Trinajstić information content (AvgIpc) is 3.00. The predicted octanol–water partition coefficient (Wildman–Crippen LogP) is 3.84. The van der Waals surface area contributed by atoms with Crippen molar-refractivity contribution in [1.82, 2.24) is 5.32 Å². The molecule has 0 aromatic heterocycles. The molecule has 0 saturated heterocycles. The highest BCUT2D eigenvalue weighted by Crippen LogP contribution is 2.23. The number of nitrogens with one attached hydrogen (secondary N) is 1. The maximum atomic E-state index is 12.6. The molecule has 0 spiro atoms. The number of carbonyl (C=O) groups excluding carboxylic acids is 1. The van der Waals surface area contributed by atoms with E-state index < -0.39 is 0 Å². The van der Waals surface area contributed by atoms with E-state index in [1.165, 1.54) is 28.7 Å². The van der Waals surface area contributed by atoms with Crippen LogP contribution in [0.25, 0.3) is 0 Å². The van der Waals surface area contributed by atoms with Crippen LogP contribution in [0.3, 0.4) is 0 Å². The molecule has 1 aliphatic rings. The molecule has 114 valence electrons. The minimum Gasteiger partial charge on any atom is -0.303 e. The van der Waals surface area contributed by atoms with Crippen LogP contribution >= 0.6 is 0 Å². The number of Topliss-reactive ketones (excluding diaryl/α,β-unsaturated/α-hetero) is 1. The molecule has 22 heavy (non-hydrogen) atoms. The highest BCUT2D eigenvalue weighted by atomic mass is 16.1. The number of ketones is 1. The predicted molar refractivity (Wildman–Crippen MR) is 90.3 cm³/mol. The van der Waals surface area contributed by atoms with E-state index >= 15 is 0 Å². The van der Waals surface area contributed by atoms with Gasteiger partial charge in [0.2, 0.25) is 0 Å². The topological polar surface area (TPSA) is 29.1 Å². The van der Waals surface area contributed by atoms with Crippen LogP contribution in [0.15, 0.2) is 42.5 Å². The fraction of sp³-hybridized carbons (Fsp3) is 0.350. The van der Waals surface area contributed by atoms with Crippen molar-refractivity contribution >= 4 is 5.78 Å². The summed E-state index contributed by atoms with van der Waals surface area (Å²) in [4.78, 5) is 12.6. The Kier molecular flexibility index (Phi) is 4.39. The van der Waals surface area contributed by atoms with Crippen LogP contribution in [-0.2, 0) is 19.4 Å². The number of carbonyl (C=O) groups is 1. The van der Waals surface area contributed by atoms with Crippen LogP contribution in [0.5, 0.6) is 0 Å². The largest absolute Gasteiger partial charge is 0.303 e. The van der Waals surface area contributed by atoms with Crippen molar-refractivity contribution < 1.29 is 4.79 Å². The lowest BCUT2D eigenvalue weighted by Crippen LogP contribution is -2.33. The Labute approximate surface area is 132 Å². The number of aryl methyl sites for hydroxylation is 3. The Morgan fingerprint density at radius 3 is 2.59 bits per heavy atom. The highest BCUT2D eigenvalue weighted by Gasteiger charge is 2.18. The molecular formula is C20H23NO. The van der Waals surface area contributed by atoms with Crippen LogP contribution in [-0.4, -0.2) is 11.8 Å². The molecule has 1 atom stereocenters. The summed E-state index contributed by atoms with van der Waals surface area (Å²) in [6.07, 6.45) is 3.49. The van der Waals surface area contributed by atoms with Crippen LogP contribution in [0, 0.1) is 6.92 Å². The van der Waals surface area contributed by atoms with E-state index in [4.69, 9.17) is 0 Å². The molecule has 1 N–H and O–H groups in total. The van der Waals surface area contributed by atoms with Crippen LogP contribution < -0.4 is 5.32 Å². The fourth-order valence-electron chi connectivity index (χ4n) is 3.04. The van der Waals surface area contributed by atoms with Crippen LogP contribution in [0.1, 0.15) is 46.0 Å². The maximum absolute atomic E-state index is 12.6. The van der Waals surface area contributed by atoms with Crippen molar-refractivity contribution in [3.63, 3.8) is 0 Å². The van der Waals surface area contributed by atoms with Gasteiger partial charge in [0.05, 0.1) is 6.04 Å². The van der Waals surface area contributed by atoms with E-state index in [1.807, 2.05) is 13.0 Å². The van der Waals surface area contributed by atoms with Crippen LogP contribution in [0.2, 0.25) is 0 Å². The summed E-state index contributed by atoms with van der Waals surface area (Å²) in [7, 11) is 0. The molecule has 1 unspecified atom stereocenters. The van der Waals surface area contributed by atoms with Crippen molar-refractivity contribution in [1.29, 1.82) is 0 Å². The van der Waals surface area contributed by atoms with Crippen molar-refractivity contribution in [2.24, 2.45) is 0 Å². The summed E-state index contributed by atoms with van der Waals surface area (Å²) in [5.74, 6) is 0.182. The Morgan fingerprint density at radius 2 is 1.82 bits per heavy atom. The first-order valence-corrected chi connectivity index (χ1v) is 8.08. The molecule has 0 aliphatic heterocycles. The van der Waals surface area contributed by atoms with Gasteiger partial charge >= 0.3 is 0 Å². The maximum Gasteiger partial charge on any atom is 0.179 e. The molecule has 0 fully saturated rings. The third-order valence-electron chi connectivity index (χ3n) is 4.51.